The molecule has 1 saturated heterocycles. The highest BCUT2D eigenvalue weighted by atomic mass is 35.5. The molecular weight excluding hydrogens is 384 g/mol. The van der Waals surface area contributed by atoms with E-state index in [1.54, 1.807) is 12.1 Å². The molecule has 1 atom stereocenters. The normalized spacial score (nSPS) is 23.1. The number of carbonyl (C=O) groups is 1. The number of likely N-dealkylation sites (tertiary alicyclic amines) is 1. The second-order valence-corrected chi connectivity index (χ2v) is 9.38. The average Bonchev–Trinajstić information content (AvgIpc) is 3.45. The van der Waals surface area contributed by atoms with Gasteiger partial charge in [-0.3, -0.25) is 9.69 Å². The molecule has 1 amide bonds. The summed E-state index contributed by atoms with van der Waals surface area (Å²) in [5, 5.41) is 10.7. The molecule has 0 radical (unpaired) electrons. The first-order valence-electron chi connectivity index (χ1n) is 10.6. The van der Waals surface area contributed by atoms with Crippen molar-refractivity contribution in [3.63, 3.8) is 0 Å². The van der Waals surface area contributed by atoms with Gasteiger partial charge in [-0.05, 0) is 73.5 Å². The Bertz CT molecular complexity index is 936. The van der Waals surface area contributed by atoms with Crippen LogP contribution in [0.4, 0.5) is 0 Å². The third-order valence-electron chi connectivity index (χ3n) is 7.22. The number of nitrogens with zero attached hydrogens (tertiary/aromatic N) is 2. The van der Waals surface area contributed by atoms with Crippen LogP contribution in [-0.4, -0.2) is 40.4 Å². The van der Waals surface area contributed by atoms with E-state index in [4.69, 9.17) is 11.6 Å². The number of halogens is 1. The van der Waals surface area contributed by atoms with Crippen LogP contribution in [0.1, 0.15) is 36.0 Å². The number of phenolic OH excluding ortho intramolecular Hbond substituents is 1. The SMILES string of the molecule is O=C(C1CC12CCN(Cc1cc(Cl)ccc1O)CC2)N1CCc2ccccc2C1. The minimum atomic E-state index is 0.203. The van der Waals surface area contributed by atoms with E-state index in [1.807, 2.05) is 6.07 Å². The number of amides is 1. The number of hydrogen-bond donors (Lipinski definition) is 1. The lowest BCUT2D eigenvalue weighted by atomic mass is 9.90. The maximum atomic E-state index is 13.2. The molecule has 5 heteroatoms. The van der Waals surface area contributed by atoms with E-state index in [2.05, 4.69) is 34.1 Å². The predicted molar refractivity (Wildman–Crippen MR) is 114 cm³/mol. The number of phenols is 1. The fourth-order valence-corrected chi connectivity index (χ4v) is 5.43. The molecule has 2 heterocycles. The smallest absolute Gasteiger partial charge is 0.226 e. The minimum absolute atomic E-state index is 0.203. The zero-order valence-electron chi connectivity index (χ0n) is 16.6. The minimum Gasteiger partial charge on any atom is -0.508 e. The van der Waals surface area contributed by atoms with Crippen LogP contribution in [0.3, 0.4) is 0 Å². The summed E-state index contributed by atoms with van der Waals surface area (Å²) in [5.74, 6) is 0.870. The van der Waals surface area contributed by atoms with Crippen LogP contribution >= 0.6 is 11.6 Å². The van der Waals surface area contributed by atoms with Gasteiger partial charge in [0.25, 0.3) is 0 Å². The number of carbonyl (C=O) groups excluding carboxylic acids is 1. The van der Waals surface area contributed by atoms with E-state index in [9.17, 15) is 9.90 Å². The van der Waals surface area contributed by atoms with Crippen molar-refractivity contribution < 1.29 is 9.90 Å². The third kappa shape index (κ3) is 3.64. The quantitative estimate of drug-likeness (QED) is 0.823. The molecule has 3 aliphatic rings. The molecule has 1 saturated carbocycles. The van der Waals surface area contributed by atoms with Gasteiger partial charge in [0.15, 0.2) is 0 Å². The first kappa shape index (κ1) is 19.0. The highest BCUT2D eigenvalue weighted by molar-refractivity contribution is 6.30. The number of benzene rings is 2. The van der Waals surface area contributed by atoms with Gasteiger partial charge in [-0.2, -0.15) is 0 Å². The first-order valence-corrected chi connectivity index (χ1v) is 11.0. The van der Waals surface area contributed by atoms with E-state index < -0.39 is 0 Å². The lowest BCUT2D eigenvalue weighted by molar-refractivity contribution is -0.134. The fourth-order valence-electron chi connectivity index (χ4n) is 5.23. The van der Waals surface area contributed by atoms with Crippen LogP contribution in [0.5, 0.6) is 5.75 Å². The zero-order valence-corrected chi connectivity index (χ0v) is 17.4. The summed E-state index contributed by atoms with van der Waals surface area (Å²) in [6, 6.07) is 13.7. The molecule has 0 aromatic heterocycles. The number of hydrogen-bond acceptors (Lipinski definition) is 3. The molecule has 1 unspecified atom stereocenters. The van der Waals surface area contributed by atoms with Crippen LogP contribution in [0.25, 0.3) is 0 Å². The summed E-state index contributed by atoms with van der Waals surface area (Å²) in [6.07, 6.45) is 4.14. The molecule has 2 aromatic rings. The highest BCUT2D eigenvalue weighted by Gasteiger charge is 2.59. The lowest BCUT2D eigenvalue weighted by Crippen LogP contribution is -2.40. The topological polar surface area (TPSA) is 43.8 Å². The van der Waals surface area contributed by atoms with Gasteiger partial charge in [-0.25, -0.2) is 0 Å². The summed E-state index contributed by atoms with van der Waals surface area (Å²) in [6.45, 7) is 4.27. The van der Waals surface area contributed by atoms with Gasteiger partial charge < -0.3 is 10.0 Å². The van der Waals surface area contributed by atoms with Gasteiger partial charge in [0, 0.05) is 36.1 Å². The maximum absolute atomic E-state index is 13.2. The van der Waals surface area contributed by atoms with Crippen molar-refractivity contribution in [1.82, 2.24) is 9.80 Å². The highest BCUT2D eigenvalue weighted by Crippen LogP contribution is 2.60. The van der Waals surface area contributed by atoms with Gasteiger partial charge >= 0.3 is 0 Å². The van der Waals surface area contributed by atoms with Gasteiger partial charge in [-0.15, -0.1) is 0 Å². The van der Waals surface area contributed by atoms with E-state index in [0.29, 0.717) is 23.2 Å². The van der Waals surface area contributed by atoms with Crippen LogP contribution < -0.4 is 0 Å². The Morgan fingerprint density at radius 3 is 2.66 bits per heavy atom. The molecule has 1 aliphatic carbocycles. The van der Waals surface area contributed by atoms with Gasteiger partial charge in [0.1, 0.15) is 5.75 Å². The molecule has 29 heavy (non-hydrogen) atoms. The Balaban J connectivity index is 1.18. The van der Waals surface area contributed by atoms with Crippen molar-refractivity contribution in [2.45, 2.75) is 38.8 Å². The lowest BCUT2D eigenvalue weighted by Gasteiger charge is -2.34. The summed E-state index contributed by atoms with van der Waals surface area (Å²) >= 11 is 6.08. The number of aromatic hydroxyl groups is 1. The maximum Gasteiger partial charge on any atom is 0.226 e. The molecule has 5 rings (SSSR count). The van der Waals surface area contributed by atoms with Crippen LogP contribution in [0.2, 0.25) is 5.02 Å². The first-order chi connectivity index (χ1) is 14.0. The van der Waals surface area contributed by atoms with Crippen molar-refractivity contribution in [1.29, 1.82) is 0 Å². The molecule has 2 aromatic carbocycles. The Labute approximate surface area is 177 Å². The molecule has 4 nitrogen and oxygen atoms in total. The standard InChI is InChI=1S/C24H27ClN2O2/c25-20-5-6-22(28)19(13-20)15-26-11-8-24(9-12-26)14-21(24)23(29)27-10-7-17-3-1-2-4-18(17)16-27/h1-6,13,21,28H,7-12,14-16H2. The van der Waals surface area contributed by atoms with Crippen LogP contribution in [0, 0.1) is 11.3 Å². The Morgan fingerprint density at radius 1 is 1.10 bits per heavy atom. The predicted octanol–water partition coefficient (Wildman–Crippen LogP) is 4.23. The van der Waals surface area contributed by atoms with Crippen molar-refractivity contribution in [3.8, 4) is 5.75 Å². The van der Waals surface area contributed by atoms with Gasteiger partial charge in [0.2, 0.25) is 5.91 Å². The summed E-state index contributed by atoms with van der Waals surface area (Å²) in [4.78, 5) is 17.6. The van der Waals surface area contributed by atoms with Crippen LogP contribution in [0.15, 0.2) is 42.5 Å². The van der Waals surface area contributed by atoms with Crippen molar-refractivity contribution >= 4 is 17.5 Å². The molecular formula is C24H27ClN2O2. The number of piperidine rings is 1. The Hall–Kier alpha value is -2.04. The van der Waals surface area contributed by atoms with E-state index in [1.165, 1.54) is 11.1 Å². The van der Waals surface area contributed by atoms with Gasteiger partial charge in [0.05, 0.1) is 0 Å². The number of fused-ring (bicyclic) bond motifs is 1. The molecule has 152 valence electrons. The Morgan fingerprint density at radius 2 is 1.86 bits per heavy atom. The van der Waals surface area contributed by atoms with Crippen molar-refractivity contribution in [2.75, 3.05) is 19.6 Å². The van der Waals surface area contributed by atoms with E-state index >= 15 is 0 Å². The molecule has 0 bridgehead atoms. The zero-order chi connectivity index (χ0) is 20.0. The van der Waals surface area contributed by atoms with E-state index in [0.717, 1.165) is 57.4 Å². The van der Waals surface area contributed by atoms with Crippen molar-refractivity contribution in [2.24, 2.45) is 11.3 Å². The van der Waals surface area contributed by atoms with Crippen molar-refractivity contribution in [3.05, 3.63) is 64.2 Å². The summed E-state index contributed by atoms with van der Waals surface area (Å²) in [5.41, 5.74) is 3.78. The third-order valence-corrected chi connectivity index (χ3v) is 7.45. The Kier molecular flexibility index (Phi) is 4.79. The monoisotopic (exact) mass is 410 g/mol. The van der Waals surface area contributed by atoms with E-state index in [-0.39, 0.29) is 11.3 Å². The molecule has 1 spiro atoms. The second-order valence-electron chi connectivity index (χ2n) is 8.95. The fraction of sp³-hybridized carbons (Fsp3) is 0.458. The summed E-state index contributed by atoms with van der Waals surface area (Å²) < 4.78 is 0. The second kappa shape index (κ2) is 7.33. The van der Waals surface area contributed by atoms with Crippen LogP contribution in [-0.2, 0) is 24.3 Å². The average molecular weight is 411 g/mol. The molecule has 2 fully saturated rings. The number of rotatable bonds is 3. The molecule has 2 aliphatic heterocycles. The van der Waals surface area contributed by atoms with Gasteiger partial charge in [-0.1, -0.05) is 35.9 Å². The molecule has 1 N–H and O–H groups in total. The summed E-state index contributed by atoms with van der Waals surface area (Å²) in [7, 11) is 0. The largest absolute Gasteiger partial charge is 0.508 e.